The zero-order valence-electron chi connectivity index (χ0n) is 11.0. The van der Waals surface area contributed by atoms with E-state index in [4.69, 9.17) is 5.73 Å². The maximum Gasteiger partial charge on any atom is 0.166 e. The van der Waals surface area contributed by atoms with Crippen molar-refractivity contribution in [3.8, 4) is 0 Å². The molecule has 106 valence electrons. The van der Waals surface area contributed by atoms with Crippen molar-refractivity contribution >= 4 is 21.6 Å². The average molecular weight is 292 g/mol. The highest BCUT2D eigenvalue weighted by molar-refractivity contribution is 8.01. The summed E-state index contributed by atoms with van der Waals surface area (Å²) in [6, 6.07) is 0.419. The highest BCUT2D eigenvalue weighted by atomic mass is 32.2. The summed E-state index contributed by atoms with van der Waals surface area (Å²) in [7, 11) is -2.99. The Morgan fingerprint density at radius 1 is 1.33 bits per heavy atom. The van der Waals surface area contributed by atoms with Gasteiger partial charge in [0.15, 0.2) is 9.84 Å². The molecule has 0 aromatic rings. The van der Waals surface area contributed by atoms with E-state index < -0.39 is 9.84 Å². The predicted octanol–water partition coefficient (Wildman–Crippen LogP) is 1.07. The summed E-state index contributed by atoms with van der Waals surface area (Å²) >= 11 is 1.75. The minimum absolute atomic E-state index is 0.149. The molecule has 3 atom stereocenters. The van der Waals surface area contributed by atoms with Crippen LogP contribution in [0.1, 0.15) is 32.6 Å². The fourth-order valence-electron chi connectivity index (χ4n) is 3.03. The first-order chi connectivity index (χ1) is 8.56. The summed E-state index contributed by atoms with van der Waals surface area (Å²) < 4.78 is 24.4. The predicted molar refractivity (Wildman–Crippen MR) is 77.5 cm³/mol. The molecule has 0 spiro atoms. The molecular formula is C12H24N2O2S2. The van der Waals surface area contributed by atoms with Crippen molar-refractivity contribution in [2.24, 2.45) is 5.73 Å². The Balaban J connectivity index is 2.17. The van der Waals surface area contributed by atoms with E-state index in [9.17, 15) is 8.42 Å². The highest BCUT2D eigenvalue weighted by Crippen LogP contribution is 2.29. The molecule has 4 nitrogen and oxygen atoms in total. The third-order valence-corrected chi connectivity index (χ3v) is 7.45. The zero-order chi connectivity index (χ0) is 13.2. The van der Waals surface area contributed by atoms with Gasteiger partial charge in [-0.25, -0.2) is 8.42 Å². The Hall–Kier alpha value is 0.220. The minimum atomic E-state index is -2.99. The molecule has 2 aliphatic rings. The van der Waals surface area contributed by atoms with Gasteiger partial charge in [-0.2, -0.15) is 11.8 Å². The molecule has 2 N–H and O–H groups in total. The molecule has 1 aliphatic carbocycles. The van der Waals surface area contributed by atoms with Crippen LogP contribution in [0, 0.1) is 0 Å². The maximum absolute atomic E-state index is 12.2. The Morgan fingerprint density at radius 2 is 2.06 bits per heavy atom. The second-order valence-corrected chi connectivity index (χ2v) is 8.83. The van der Waals surface area contributed by atoms with Gasteiger partial charge in [0.2, 0.25) is 0 Å². The number of nitrogens with two attached hydrogens (primary N) is 1. The van der Waals surface area contributed by atoms with Crippen molar-refractivity contribution in [1.82, 2.24) is 4.90 Å². The third-order valence-electron chi connectivity index (χ3n) is 4.15. The van der Waals surface area contributed by atoms with Crippen molar-refractivity contribution in [3.05, 3.63) is 0 Å². The van der Waals surface area contributed by atoms with Crippen molar-refractivity contribution in [2.75, 3.05) is 23.8 Å². The molecule has 18 heavy (non-hydrogen) atoms. The molecule has 3 unspecified atom stereocenters. The van der Waals surface area contributed by atoms with Crippen LogP contribution in [0.4, 0.5) is 0 Å². The topological polar surface area (TPSA) is 63.4 Å². The van der Waals surface area contributed by atoms with E-state index in [0.717, 1.165) is 25.1 Å². The van der Waals surface area contributed by atoms with E-state index in [2.05, 4.69) is 4.90 Å². The second-order valence-electron chi connectivity index (χ2n) is 5.23. The van der Waals surface area contributed by atoms with Crippen LogP contribution >= 0.6 is 11.8 Å². The van der Waals surface area contributed by atoms with Crippen molar-refractivity contribution in [1.29, 1.82) is 0 Å². The molecule has 1 heterocycles. The number of hydrogen-bond donors (Lipinski definition) is 1. The number of nitrogens with zero attached hydrogens (tertiary/aromatic N) is 1. The van der Waals surface area contributed by atoms with Gasteiger partial charge >= 0.3 is 0 Å². The van der Waals surface area contributed by atoms with Crippen LogP contribution in [0.2, 0.25) is 0 Å². The SMILES string of the molecule is CCS(=O)(=O)C1CSCCN1C1CCCCC1N. The number of hydrogen-bond acceptors (Lipinski definition) is 5. The van der Waals surface area contributed by atoms with E-state index in [1.54, 1.807) is 18.7 Å². The number of thioether (sulfide) groups is 1. The van der Waals surface area contributed by atoms with Crippen LogP contribution in [0.5, 0.6) is 0 Å². The Bertz CT molecular complexity index is 372. The summed E-state index contributed by atoms with van der Waals surface area (Å²) in [6.07, 6.45) is 4.46. The van der Waals surface area contributed by atoms with E-state index in [1.165, 1.54) is 12.8 Å². The van der Waals surface area contributed by atoms with Gasteiger partial charge in [0.25, 0.3) is 0 Å². The highest BCUT2D eigenvalue weighted by Gasteiger charge is 2.39. The van der Waals surface area contributed by atoms with E-state index in [1.807, 2.05) is 0 Å². The van der Waals surface area contributed by atoms with Gasteiger partial charge in [-0.1, -0.05) is 19.8 Å². The standard InChI is InChI=1S/C12H24N2O2S2/c1-2-18(15,16)12-9-17-8-7-14(12)11-6-4-3-5-10(11)13/h10-12H,2-9,13H2,1H3. The van der Waals surface area contributed by atoms with Gasteiger partial charge in [0.1, 0.15) is 5.37 Å². The lowest BCUT2D eigenvalue weighted by Crippen LogP contribution is -2.58. The summed E-state index contributed by atoms with van der Waals surface area (Å²) in [5, 5.41) is -0.310. The molecule has 2 rings (SSSR count). The van der Waals surface area contributed by atoms with Crippen molar-refractivity contribution in [3.63, 3.8) is 0 Å². The fraction of sp³-hybridized carbons (Fsp3) is 1.00. The zero-order valence-corrected chi connectivity index (χ0v) is 12.7. The summed E-state index contributed by atoms with van der Waals surface area (Å²) in [4.78, 5) is 2.19. The monoisotopic (exact) mass is 292 g/mol. The smallest absolute Gasteiger partial charge is 0.166 e. The third kappa shape index (κ3) is 3.03. The largest absolute Gasteiger partial charge is 0.326 e. The first-order valence-corrected chi connectivity index (χ1v) is 9.74. The van der Waals surface area contributed by atoms with Crippen LogP contribution in [0.25, 0.3) is 0 Å². The van der Waals surface area contributed by atoms with Gasteiger partial charge in [-0.05, 0) is 12.8 Å². The minimum Gasteiger partial charge on any atom is -0.326 e. The number of sulfone groups is 1. The summed E-state index contributed by atoms with van der Waals surface area (Å²) in [6.45, 7) is 2.61. The van der Waals surface area contributed by atoms with Crippen LogP contribution < -0.4 is 5.73 Å². The lowest BCUT2D eigenvalue weighted by molar-refractivity contribution is 0.133. The molecule has 0 amide bonds. The molecule has 1 aliphatic heterocycles. The molecule has 6 heteroatoms. The molecule has 1 saturated heterocycles. The lowest BCUT2D eigenvalue weighted by Gasteiger charge is -2.44. The molecule has 0 aromatic heterocycles. The molecule has 0 bridgehead atoms. The van der Waals surface area contributed by atoms with Crippen molar-refractivity contribution < 1.29 is 8.42 Å². The van der Waals surface area contributed by atoms with Crippen molar-refractivity contribution in [2.45, 2.75) is 50.1 Å². The number of rotatable bonds is 3. The second kappa shape index (κ2) is 6.11. The Morgan fingerprint density at radius 3 is 2.72 bits per heavy atom. The van der Waals surface area contributed by atoms with Crippen LogP contribution in [-0.2, 0) is 9.84 Å². The van der Waals surface area contributed by atoms with Crippen LogP contribution in [0.15, 0.2) is 0 Å². The van der Waals surface area contributed by atoms with Gasteiger partial charge < -0.3 is 5.73 Å². The molecule has 0 radical (unpaired) electrons. The van der Waals surface area contributed by atoms with Gasteiger partial charge in [0, 0.05) is 35.9 Å². The molecular weight excluding hydrogens is 268 g/mol. The quantitative estimate of drug-likeness (QED) is 0.843. The normalized spacial score (nSPS) is 35.6. The van der Waals surface area contributed by atoms with E-state index in [-0.39, 0.29) is 23.2 Å². The molecule has 1 saturated carbocycles. The van der Waals surface area contributed by atoms with Crippen LogP contribution in [-0.4, -0.2) is 54.6 Å². The fourth-order valence-corrected chi connectivity index (χ4v) is 6.10. The van der Waals surface area contributed by atoms with Gasteiger partial charge in [-0.15, -0.1) is 0 Å². The Kier molecular flexibility index (Phi) is 4.97. The first kappa shape index (κ1) is 14.6. The summed E-state index contributed by atoms with van der Waals surface area (Å²) in [5.74, 6) is 1.97. The van der Waals surface area contributed by atoms with Gasteiger partial charge in [-0.3, -0.25) is 4.90 Å². The summed E-state index contributed by atoms with van der Waals surface area (Å²) in [5.41, 5.74) is 6.21. The van der Waals surface area contributed by atoms with E-state index in [0.29, 0.717) is 5.75 Å². The Labute approximate surface area is 115 Å². The average Bonchev–Trinajstić information content (AvgIpc) is 2.39. The first-order valence-electron chi connectivity index (χ1n) is 6.87. The molecule has 2 fully saturated rings. The van der Waals surface area contributed by atoms with Gasteiger partial charge in [0.05, 0.1) is 0 Å². The lowest BCUT2D eigenvalue weighted by atomic mass is 9.90. The van der Waals surface area contributed by atoms with Crippen LogP contribution in [0.3, 0.4) is 0 Å². The molecule has 0 aromatic carbocycles. The maximum atomic E-state index is 12.2. The van der Waals surface area contributed by atoms with E-state index >= 15 is 0 Å².